The van der Waals surface area contributed by atoms with Crippen LogP contribution in [0, 0.1) is 0 Å². The van der Waals surface area contributed by atoms with Crippen molar-refractivity contribution in [3.05, 3.63) is 194 Å². The Bertz CT molecular complexity index is 3500. The van der Waals surface area contributed by atoms with Crippen LogP contribution in [-0.4, -0.2) is 28.5 Å². The third-order valence-corrected chi connectivity index (χ3v) is 11.3. The second-order valence-electron chi connectivity index (χ2n) is 14.5. The maximum Gasteiger partial charge on any atom is 0.220 e. The Morgan fingerprint density at radius 2 is 0.947 bits per heavy atom. The average Bonchev–Trinajstić information content (AvgIpc) is 3.93. The van der Waals surface area contributed by atoms with Crippen molar-refractivity contribution in [1.29, 1.82) is 0 Å². The lowest BCUT2D eigenvalue weighted by molar-refractivity contribution is 1.11. The van der Waals surface area contributed by atoms with Crippen LogP contribution in [0.15, 0.2) is 194 Å². The van der Waals surface area contributed by atoms with Gasteiger partial charge >= 0.3 is 0 Å². The second kappa shape index (κ2) is 12.3. The predicted molar refractivity (Wildman–Crippen MR) is 233 cm³/mol. The molecule has 8 aromatic carbocycles. The van der Waals surface area contributed by atoms with Crippen LogP contribution >= 0.6 is 0 Å². The van der Waals surface area contributed by atoms with Crippen molar-refractivity contribution in [3.8, 4) is 45.1 Å². The molecule has 0 aliphatic rings. The first-order valence-corrected chi connectivity index (χ1v) is 19.2. The molecule has 266 valence electrons. The van der Waals surface area contributed by atoms with Gasteiger partial charge in [-0.3, -0.25) is 8.97 Å². The van der Waals surface area contributed by atoms with E-state index in [-0.39, 0.29) is 0 Å². The van der Waals surface area contributed by atoms with Gasteiger partial charge in [0.2, 0.25) is 5.78 Å². The van der Waals surface area contributed by atoms with E-state index in [1.807, 2.05) is 18.2 Å². The molecule has 0 amide bonds. The summed E-state index contributed by atoms with van der Waals surface area (Å²) in [6, 6.07) is 68.4. The molecular weight excluding hydrogens is 697 g/mol. The average molecular weight is 729 g/mol. The van der Waals surface area contributed by atoms with E-state index in [0.29, 0.717) is 5.82 Å². The summed E-state index contributed by atoms with van der Waals surface area (Å²) in [6.45, 7) is 0. The number of imidazole rings is 2. The molecule has 6 nitrogen and oxygen atoms in total. The lowest BCUT2D eigenvalue weighted by Gasteiger charge is -2.12. The number of benzene rings is 8. The monoisotopic (exact) mass is 728 g/mol. The first kappa shape index (κ1) is 31.5. The Labute approximate surface area is 327 Å². The van der Waals surface area contributed by atoms with Gasteiger partial charge in [-0.25, -0.2) is 15.0 Å². The van der Waals surface area contributed by atoms with Crippen LogP contribution in [0.1, 0.15) is 0 Å². The van der Waals surface area contributed by atoms with Crippen molar-refractivity contribution in [3.63, 3.8) is 0 Å². The summed E-state index contributed by atoms with van der Waals surface area (Å²) < 4.78 is 6.91. The van der Waals surface area contributed by atoms with Crippen molar-refractivity contribution in [2.45, 2.75) is 0 Å². The number of hydrogen-bond donors (Lipinski definition) is 0. The molecule has 0 saturated heterocycles. The van der Waals surface area contributed by atoms with Crippen LogP contribution in [0.5, 0.6) is 0 Å². The van der Waals surface area contributed by atoms with Crippen molar-refractivity contribution in [2.75, 3.05) is 0 Å². The van der Waals surface area contributed by atoms with Gasteiger partial charge < -0.3 is 4.57 Å². The van der Waals surface area contributed by atoms with Gasteiger partial charge in [0.25, 0.3) is 0 Å². The minimum Gasteiger partial charge on any atom is -0.309 e. The fourth-order valence-corrected chi connectivity index (χ4v) is 8.63. The van der Waals surface area contributed by atoms with E-state index in [4.69, 9.17) is 15.0 Å². The quantitative estimate of drug-likeness (QED) is 0.177. The number of fused-ring (bicyclic) bond motifs is 9. The maximum absolute atomic E-state index is 5.20. The van der Waals surface area contributed by atoms with Crippen LogP contribution in [0.4, 0.5) is 0 Å². The zero-order chi connectivity index (χ0) is 37.5. The lowest BCUT2D eigenvalue weighted by atomic mass is 10.0. The molecule has 0 aliphatic heterocycles. The van der Waals surface area contributed by atoms with Crippen LogP contribution < -0.4 is 0 Å². The van der Waals surface area contributed by atoms with Gasteiger partial charge in [-0.05, 0) is 96.1 Å². The molecule has 0 fully saturated rings. The fraction of sp³-hybridized carbons (Fsp3) is 0. The Balaban J connectivity index is 0.999. The van der Waals surface area contributed by atoms with Gasteiger partial charge in [0.15, 0.2) is 5.82 Å². The molecule has 0 N–H and O–H groups in total. The van der Waals surface area contributed by atoms with E-state index < -0.39 is 0 Å². The lowest BCUT2D eigenvalue weighted by Crippen LogP contribution is -1.98. The number of rotatable bonds is 5. The van der Waals surface area contributed by atoms with Gasteiger partial charge in [-0.2, -0.15) is 0 Å². The first-order chi connectivity index (χ1) is 28.3. The van der Waals surface area contributed by atoms with Crippen LogP contribution in [0.3, 0.4) is 0 Å². The Kier molecular flexibility index (Phi) is 6.83. The highest BCUT2D eigenvalue weighted by Gasteiger charge is 2.20. The van der Waals surface area contributed by atoms with E-state index in [1.54, 1.807) is 0 Å². The smallest absolute Gasteiger partial charge is 0.220 e. The van der Waals surface area contributed by atoms with Crippen molar-refractivity contribution in [1.82, 2.24) is 28.5 Å². The summed E-state index contributed by atoms with van der Waals surface area (Å²) in [5, 5.41) is 3.40. The third-order valence-electron chi connectivity index (χ3n) is 11.3. The summed E-state index contributed by atoms with van der Waals surface area (Å²) in [4.78, 5) is 15.5. The summed E-state index contributed by atoms with van der Waals surface area (Å²) >= 11 is 0. The molecule has 6 heteroatoms. The molecule has 12 rings (SSSR count). The summed E-state index contributed by atoms with van der Waals surface area (Å²) in [5.74, 6) is 1.60. The molecule has 0 saturated carbocycles. The maximum atomic E-state index is 5.20. The minimum atomic E-state index is 0.696. The second-order valence-corrected chi connectivity index (χ2v) is 14.5. The van der Waals surface area contributed by atoms with Gasteiger partial charge in [-0.15, -0.1) is 0 Å². The highest BCUT2D eigenvalue weighted by atomic mass is 15.2. The van der Waals surface area contributed by atoms with Gasteiger partial charge in [0.1, 0.15) is 0 Å². The van der Waals surface area contributed by atoms with Crippen molar-refractivity contribution in [2.24, 2.45) is 0 Å². The van der Waals surface area contributed by atoms with E-state index in [1.165, 1.54) is 10.8 Å². The molecule has 4 aromatic heterocycles. The normalized spacial score (nSPS) is 11.9. The molecule has 0 atom stereocenters. The van der Waals surface area contributed by atoms with Crippen molar-refractivity contribution < 1.29 is 0 Å². The predicted octanol–water partition coefficient (Wildman–Crippen LogP) is 12.5. The summed E-state index contributed by atoms with van der Waals surface area (Å²) in [6.07, 6.45) is 0. The molecule has 0 unspecified atom stereocenters. The van der Waals surface area contributed by atoms with Crippen LogP contribution in [0.25, 0.3) is 106 Å². The summed E-state index contributed by atoms with van der Waals surface area (Å²) in [5.41, 5.74) is 14.9. The fourth-order valence-electron chi connectivity index (χ4n) is 8.63. The van der Waals surface area contributed by atoms with Crippen molar-refractivity contribution >= 4 is 60.6 Å². The molecule has 4 heterocycles. The first-order valence-electron chi connectivity index (χ1n) is 19.2. The molecular formula is C51H32N6. The third kappa shape index (κ3) is 4.87. The minimum absolute atomic E-state index is 0.696. The molecule has 0 bridgehead atoms. The zero-order valence-electron chi connectivity index (χ0n) is 30.7. The van der Waals surface area contributed by atoms with E-state index in [9.17, 15) is 0 Å². The zero-order valence-corrected chi connectivity index (χ0v) is 30.7. The molecule has 12 aromatic rings. The summed E-state index contributed by atoms with van der Waals surface area (Å²) in [7, 11) is 0. The highest BCUT2D eigenvalue weighted by Crippen LogP contribution is 2.37. The van der Waals surface area contributed by atoms with E-state index in [2.05, 4.69) is 189 Å². The number of para-hydroxylation sites is 5. The largest absolute Gasteiger partial charge is 0.309 e. The van der Waals surface area contributed by atoms with Crippen LogP contribution in [-0.2, 0) is 0 Å². The Morgan fingerprint density at radius 1 is 0.316 bits per heavy atom. The molecule has 0 aliphatic carbocycles. The molecule has 0 spiro atoms. The van der Waals surface area contributed by atoms with Gasteiger partial charge in [0.05, 0.1) is 44.3 Å². The highest BCUT2D eigenvalue weighted by molar-refractivity contribution is 6.10. The molecule has 0 radical (unpaired) electrons. The van der Waals surface area contributed by atoms with E-state index >= 15 is 0 Å². The topological polar surface area (TPSA) is 52.9 Å². The van der Waals surface area contributed by atoms with Gasteiger partial charge in [0, 0.05) is 38.7 Å². The van der Waals surface area contributed by atoms with Gasteiger partial charge in [-0.1, -0.05) is 109 Å². The Hall–Kier alpha value is -7.83. The number of aromatic nitrogens is 6. The number of hydrogen-bond acceptors (Lipinski definition) is 3. The SMILES string of the molecule is c1ccc(-c2ccc3c(-c4ccccc4)nc(-c4ccc(-n5c6ccccc6c6cc(-n7c8ccccc8n8c9ccccc9nc78)ccc65)cc4)nc3c2)cc1. The molecule has 57 heavy (non-hydrogen) atoms. The standard InChI is InChI=1S/C51H32N6/c1-3-13-33(14-4-1)36-25-29-40-43(31-36)52-50(54-49(40)34-15-5-2-6-16-34)35-23-26-37(27-24-35)55-44-19-9-7-17-39(44)41-32-38(28-30-45(41)55)56-47-21-11-12-22-48(47)57-46-20-10-8-18-42(46)53-51(56)57/h1-32H. The number of nitrogens with zero attached hydrogens (tertiary/aromatic N) is 6. The Morgan fingerprint density at radius 3 is 1.75 bits per heavy atom. The van der Waals surface area contributed by atoms with E-state index in [0.717, 1.165) is 89.1 Å². The van der Waals surface area contributed by atoms with Crippen LogP contribution in [0.2, 0.25) is 0 Å².